The van der Waals surface area contributed by atoms with Gasteiger partial charge < -0.3 is 10.4 Å². The maximum absolute atomic E-state index is 12.1. The average molecular weight is 405 g/mol. The van der Waals surface area contributed by atoms with Crippen molar-refractivity contribution < 1.29 is 9.90 Å². The molecule has 0 saturated carbocycles. The minimum Gasteiger partial charge on any atom is -0.506 e. The molecule has 0 aliphatic rings. The zero-order valence-electron chi connectivity index (χ0n) is 9.45. The van der Waals surface area contributed by atoms with Crippen LogP contribution in [0.15, 0.2) is 45.3 Å². The number of carbonyl (C=O) groups is 1. The molecule has 0 heterocycles. The van der Waals surface area contributed by atoms with Crippen molar-refractivity contribution in [1.29, 1.82) is 0 Å². The zero-order chi connectivity index (χ0) is 14.0. The third-order valence-electron chi connectivity index (χ3n) is 2.38. The van der Waals surface area contributed by atoms with Crippen LogP contribution in [-0.4, -0.2) is 11.0 Å². The number of aromatic hydroxyl groups is 1. The molecule has 0 radical (unpaired) electrons. The normalized spacial score (nSPS) is 10.3. The lowest BCUT2D eigenvalue weighted by Crippen LogP contribution is -2.12. The highest BCUT2D eigenvalue weighted by Gasteiger charge is 2.11. The van der Waals surface area contributed by atoms with E-state index in [9.17, 15) is 9.90 Å². The minimum atomic E-state index is -0.283. The van der Waals surface area contributed by atoms with Gasteiger partial charge in [-0.05, 0) is 46.3 Å². The van der Waals surface area contributed by atoms with Gasteiger partial charge in [-0.15, -0.1) is 0 Å². The van der Waals surface area contributed by atoms with E-state index in [0.29, 0.717) is 15.7 Å². The fourth-order valence-corrected chi connectivity index (χ4v) is 2.37. The van der Waals surface area contributed by atoms with Crippen LogP contribution in [0, 0.1) is 0 Å². The lowest BCUT2D eigenvalue weighted by molar-refractivity contribution is 0.102. The third-order valence-corrected chi connectivity index (χ3v) is 3.88. The molecule has 2 rings (SSSR count). The topological polar surface area (TPSA) is 49.3 Å². The smallest absolute Gasteiger partial charge is 0.256 e. The molecule has 6 heteroatoms. The van der Waals surface area contributed by atoms with Crippen LogP contribution in [0.5, 0.6) is 5.75 Å². The summed E-state index contributed by atoms with van der Waals surface area (Å²) in [7, 11) is 0. The number of phenolic OH excluding ortho intramolecular Hbond substituents is 1. The van der Waals surface area contributed by atoms with Crippen molar-refractivity contribution >= 4 is 55.1 Å². The standard InChI is InChI=1S/C13H8Br2ClNO2/c14-7-1-3-10(15)9(5-7)13(19)17-8-2-4-11(16)12(18)6-8/h1-6,18H,(H,17,19). The number of benzene rings is 2. The van der Waals surface area contributed by atoms with Crippen molar-refractivity contribution in [3.63, 3.8) is 0 Å². The van der Waals surface area contributed by atoms with Crippen LogP contribution in [0.25, 0.3) is 0 Å². The van der Waals surface area contributed by atoms with Gasteiger partial charge in [-0.1, -0.05) is 27.5 Å². The van der Waals surface area contributed by atoms with E-state index in [4.69, 9.17) is 11.6 Å². The first-order chi connectivity index (χ1) is 8.97. The number of phenols is 1. The SMILES string of the molecule is O=C(Nc1ccc(Cl)c(O)c1)c1cc(Br)ccc1Br. The van der Waals surface area contributed by atoms with Crippen molar-refractivity contribution in [1.82, 2.24) is 0 Å². The van der Waals surface area contributed by atoms with Crippen molar-refractivity contribution in [2.45, 2.75) is 0 Å². The highest BCUT2D eigenvalue weighted by Crippen LogP contribution is 2.27. The van der Waals surface area contributed by atoms with E-state index in [-0.39, 0.29) is 16.7 Å². The Balaban J connectivity index is 2.25. The van der Waals surface area contributed by atoms with Gasteiger partial charge >= 0.3 is 0 Å². The summed E-state index contributed by atoms with van der Waals surface area (Å²) >= 11 is 12.3. The molecule has 19 heavy (non-hydrogen) atoms. The van der Waals surface area contributed by atoms with Gasteiger partial charge in [0.05, 0.1) is 10.6 Å². The molecule has 0 aliphatic heterocycles. The highest BCUT2D eigenvalue weighted by atomic mass is 79.9. The maximum atomic E-state index is 12.1. The molecule has 0 spiro atoms. The van der Waals surface area contributed by atoms with Crippen LogP contribution in [0.4, 0.5) is 5.69 Å². The zero-order valence-corrected chi connectivity index (χ0v) is 13.4. The van der Waals surface area contributed by atoms with Gasteiger partial charge in [0.1, 0.15) is 5.75 Å². The Hall–Kier alpha value is -1.04. The summed E-state index contributed by atoms with van der Waals surface area (Å²) in [4.78, 5) is 12.1. The van der Waals surface area contributed by atoms with Gasteiger partial charge in [-0.2, -0.15) is 0 Å². The molecule has 0 atom stereocenters. The van der Waals surface area contributed by atoms with E-state index in [2.05, 4.69) is 37.2 Å². The Labute approximate surface area is 131 Å². The third kappa shape index (κ3) is 3.49. The molecule has 98 valence electrons. The quantitative estimate of drug-likeness (QED) is 0.752. The summed E-state index contributed by atoms with van der Waals surface area (Å²) in [6, 6.07) is 9.84. The molecule has 0 bridgehead atoms. The summed E-state index contributed by atoms with van der Waals surface area (Å²) in [6.45, 7) is 0. The van der Waals surface area contributed by atoms with Gasteiger partial charge in [0.15, 0.2) is 0 Å². The van der Waals surface area contributed by atoms with Gasteiger partial charge in [0.25, 0.3) is 5.91 Å². The predicted molar refractivity (Wildman–Crippen MR) is 82.9 cm³/mol. The molecule has 0 unspecified atom stereocenters. The molecule has 2 aromatic rings. The second-order valence-electron chi connectivity index (χ2n) is 3.74. The molecule has 0 saturated heterocycles. The van der Waals surface area contributed by atoms with Crippen molar-refractivity contribution in [3.8, 4) is 5.75 Å². The fraction of sp³-hybridized carbons (Fsp3) is 0. The molecule has 0 aromatic heterocycles. The Morgan fingerprint density at radius 1 is 1.16 bits per heavy atom. The van der Waals surface area contributed by atoms with Crippen molar-refractivity contribution in [2.75, 3.05) is 5.32 Å². The first-order valence-electron chi connectivity index (χ1n) is 5.22. The van der Waals surface area contributed by atoms with Crippen LogP contribution >= 0.6 is 43.5 Å². The van der Waals surface area contributed by atoms with E-state index in [1.807, 2.05) is 6.07 Å². The van der Waals surface area contributed by atoms with Crippen molar-refractivity contribution in [3.05, 3.63) is 55.9 Å². The highest BCUT2D eigenvalue weighted by molar-refractivity contribution is 9.11. The van der Waals surface area contributed by atoms with E-state index in [0.717, 1.165) is 4.47 Å². The first-order valence-corrected chi connectivity index (χ1v) is 7.18. The number of nitrogens with one attached hydrogen (secondary N) is 1. The average Bonchev–Trinajstić information content (AvgIpc) is 2.36. The van der Waals surface area contributed by atoms with Crippen LogP contribution in [-0.2, 0) is 0 Å². The Bertz CT molecular complexity index is 647. The molecule has 2 N–H and O–H groups in total. The number of rotatable bonds is 2. The van der Waals surface area contributed by atoms with Gasteiger partial charge in [0, 0.05) is 20.7 Å². The van der Waals surface area contributed by atoms with Crippen LogP contribution in [0.1, 0.15) is 10.4 Å². The van der Waals surface area contributed by atoms with Gasteiger partial charge in [0.2, 0.25) is 0 Å². The number of carbonyl (C=O) groups excluding carboxylic acids is 1. The van der Waals surface area contributed by atoms with Gasteiger partial charge in [-0.25, -0.2) is 0 Å². The molecular weight excluding hydrogens is 397 g/mol. The number of hydrogen-bond acceptors (Lipinski definition) is 2. The molecule has 3 nitrogen and oxygen atoms in total. The van der Waals surface area contributed by atoms with Crippen LogP contribution in [0.2, 0.25) is 5.02 Å². The summed E-state index contributed by atoms with van der Waals surface area (Å²) < 4.78 is 1.49. The lowest BCUT2D eigenvalue weighted by Gasteiger charge is -2.08. The molecular formula is C13H8Br2ClNO2. The monoisotopic (exact) mass is 403 g/mol. The largest absolute Gasteiger partial charge is 0.506 e. The van der Waals surface area contributed by atoms with Gasteiger partial charge in [-0.3, -0.25) is 4.79 Å². The Morgan fingerprint density at radius 3 is 2.58 bits per heavy atom. The lowest BCUT2D eigenvalue weighted by atomic mass is 10.2. The van der Waals surface area contributed by atoms with E-state index >= 15 is 0 Å². The summed E-state index contributed by atoms with van der Waals surface area (Å²) in [5.41, 5.74) is 0.961. The number of halogens is 3. The van der Waals surface area contributed by atoms with E-state index in [1.54, 1.807) is 18.2 Å². The Morgan fingerprint density at radius 2 is 1.89 bits per heavy atom. The summed E-state index contributed by atoms with van der Waals surface area (Å²) in [6.07, 6.45) is 0. The molecule has 1 amide bonds. The second-order valence-corrected chi connectivity index (χ2v) is 5.92. The summed E-state index contributed by atoms with van der Waals surface area (Å²) in [5.74, 6) is -0.359. The van der Waals surface area contributed by atoms with Crippen LogP contribution in [0.3, 0.4) is 0 Å². The number of hydrogen-bond donors (Lipinski definition) is 2. The number of amides is 1. The second kappa shape index (κ2) is 5.94. The van der Waals surface area contributed by atoms with Crippen molar-refractivity contribution in [2.24, 2.45) is 0 Å². The Kier molecular flexibility index (Phi) is 4.50. The molecule has 2 aromatic carbocycles. The van der Waals surface area contributed by atoms with E-state index in [1.165, 1.54) is 12.1 Å². The number of anilines is 1. The molecule has 0 fully saturated rings. The predicted octanol–water partition coefficient (Wildman–Crippen LogP) is 4.82. The maximum Gasteiger partial charge on any atom is 0.256 e. The fourth-order valence-electron chi connectivity index (χ4n) is 1.46. The van der Waals surface area contributed by atoms with Crippen LogP contribution < -0.4 is 5.32 Å². The molecule has 0 aliphatic carbocycles. The first kappa shape index (κ1) is 14.4. The summed E-state index contributed by atoms with van der Waals surface area (Å²) in [5, 5.41) is 12.4. The minimum absolute atomic E-state index is 0.0761. The van der Waals surface area contributed by atoms with E-state index < -0.39 is 0 Å².